The van der Waals surface area contributed by atoms with E-state index in [2.05, 4.69) is 32.5 Å². The molecule has 0 radical (unpaired) electrons. The van der Waals surface area contributed by atoms with Crippen LogP contribution in [-0.2, 0) is 6.61 Å². The molecule has 0 aliphatic rings. The smallest absolute Gasteiger partial charge is 0.269 e. The van der Waals surface area contributed by atoms with Crippen molar-refractivity contribution in [2.75, 3.05) is 19.0 Å². The minimum Gasteiger partial charge on any atom is -0.482 e. The number of aliphatic hydroxyl groups excluding tert-OH is 1. The van der Waals surface area contributed by atoms with Gasteiger partial charge < -0.3 is 20.5 Å². The Hall–Kier alpha value is -2.74. The number of carbonyl (C=O) groups is 1. The topological polar surface area (TPSA) is 109 Å². The number of aromatic nitrogens is 3. The van der Waals surface area contributed by atoms with Crippen LogP contribution in [0.1, 0.15) is 48.2 Å². The molecule has 1 unspecified atom stereocenters. The van der Waals surface area contributed by atoms with Crippen LogP contribution in [0.25, 0.3) is 0 Å². The van der Waals surface area contributed by atoms with Crippen LogP contribution in [0, 0.1) is 6.92 Å². The molecule has 2 aromatic heterocycles. The third-order valence-corrected chi connectivity index (χ3v) is 3.97. The highest BCUT2D eigenvalue weighted by Crippen LogP contribution is 2.24. The Kier molecular flexibility index (Phi) is 7.94. The molecule has 8 nitrogen and oxygen atoms in total. The summed E-state index contributed by atoms with van der Waals surface area (Å²) in [4.78, 5) is 24.6. The highest BCUT2D eigenvalue weighted by molar-refractivity contribution is 5.91. The maximum absolute atomic E-state index is 11.7. The summed E-state index contributed by atoms with van der Waals surface area (Å²) in [6.45, 7) is 4.20. The number of nitrogens with one attached hydrogen (secondary N) is 2. The zero-order valence-electron chi connectivity index (χ0n) is 16.0. The zero-order valence-corrected chi connectivity index (χ0v) is 16.0. The molecular weight excluding hydrogens is 346 g/mol. The van der Waals surface area contributed by atoms with Gasteiger partial charge in [0.15, 0.2) is 11.6 Å². The van der Waals surface area contributed by atoms with Crippen molar-refractivity contribution in [3.8, 4) is 5.75 Å². The summed E-state index contributed by atoms with van der Waals surface area (Å²) in [5.74, 6) is 1.48. The Morgan fingerprint density at radius 3 is 2.81 bits per heavy atom. The summed E-state index contributed by atoms with van der Waals surface area (Å²) in [7, 11) is 1.56. The first kappa shape index (κ1) is 20.6. The maximum Gasteiger partial charge on any atom is 0.269 e. The van der Waals surface area contributed by atoms with Gasteiger partial charge in [0, 0.05) is 19.7 Å². The molecular formula is C19H27N5O3. The molecule has 0 aliphatic heterocycles. The molecule has 1 amide bonds. The molecule has 0 aromatic carbocycles. The van der Waals surface area contributed by atoms with Crippen molar-refractivity contribution < 1.29 is 14.6 Å². The Labute approximate surface area is 159 Å². The van der Waals surface area contributed by atoms with Gasteiger partial charge in [0.2, 0.25) is 0 Å². The normalized spacial score (nSPS) is 11.7. The third kappa shape index (κ3) is 6.18. The van der Waals surface area contributed by atoms with Crippen molar-refractivity contribution in [1.29, 1.82) is 0 Å². The van der Waals surface area contributed by atoms with E-state index in [4.69, 9.17) is 4.74 Å². The van der Waals surface area contributed by atoms with E-state index in [0.717, 1.165) is 12.8 Å². The molecule has 0 aliphatic carbocycles. The lowest BCUT2D eigenvalue weighted by molar-refractivity contribution is 0.0957. The van der Waals surface area contributed by atoms with Crippen molar-refractivity contribution in [3.63, 3.8) is 0 Å². The first-order valence-electron chi connectivity index (χ1n) is 9.09. The molecule has 146 valence electrons. The number of rotatable bonds is 10. The van der Waals surface area contributed by atoms with Crippen LogP contribution in [0.4, 0.5) is 5.82 Å². The largest absolute Gasteiger partial charge is 0.482 e. The second kappa shape index (κ2) is 10.4. The van der Waals surface area contributed by atoms with Gasteiger partial charge in [-0.25, -0.2) is 15.0 Å². The summed E-state index contributed by atoms with van der Waals surface area (Å²) in [6.07, 6.45) is 4.16. The van der Waals surface area contributed by atoms with Crippen LogP contribution in [0.2, 0.25) is 0 Å². The summed E-state index contributed by atoms with van der Waals surface area (Å²) < 4.78 is 5.86. The number of amides is 1. The fourth-order valence-corrected chi connectivity index (χ4v) is 2.62. The predicted molar refractivity (Wildman–Crippen MR) is 103 cm³/mol. The molecule has 0 fully saturated rings. The molecule has 0 spiro atoms. The first-order chi connectivity index (χ1) is 13.1. The molecule has 8 heteroatoms. The van der Waals surface area contributed by atoms with E-state index in [1.54, 1.807) is 31.4 Å². The minimum absolute atomic E-state index is 0.103. The first-order valence-corrected chi connectivity index (χ1v) is 9.09. The molecule has 0 saturated heterocycles. The molecule has 1 atom stereocenters. The summed E-state index contributed by atoms with van der Waals surface area (Å²) in [5.41, 5.74) is 0.964. The van der Waals surface area contributed by atoms with Gasteiger partial charge in [-0.1, -0.05) is 19.4 Å². The number of aryl methyl sites for hydroxylation is 1. The van der Waals surface area contributed by atoms with Gasteiger partial charge >= 0.3 is 0 Å². The molecule has 3 N–H and O–H groups in total. The molecule has 2 rings (SSSR count). The van der Waals surface area contributed by atoms with Crippen LogP contribution in [0.3, 0.4) is 0 Å². The van der Waals surface area contributed by atoms with Crippen molar-refractivity contribution in [3.05, 3.63) is 41.6 Å². The lowest BCUT2D eigenvalue weighted by Crippen LogP contribution is -2.22. The fourth-order valence-electron chi connectivity index (χ4n) is 2.62. The standard InChI is InChI=1S/C19H27N5O3/c1-4-6-14(9-10-25)24-18-17(11-21-13(2)22-18)27-12-15-7-5-8-16(23-15)19(26)20-3/h5,7-8,11,14,25H,4,6,9-10,12H2,1-3H3,(H,20,26)(H,21,22,24). The monoisotopic (exact) mass is 373 g/mol. The van der Waals surface area contributed by atoms with Crippen LogP contribution in [0.5, 0.6) is 5.75 Å². The number of carbonyl (C=O) groups excluding carboxylic acids is 1. The van der Waals surface area contributed by atoms with Gasteiger partial charge in [0.25, 0.3) is 5.91 Å². The highest BCUT2D eigenvalue weighted by atomic mass is 16.5. The Bertz CT molecular complexity index is 748. The maximum atomic E-state index is 11.7. The van der Waals surface area contributed by atoms with Crippen LogP contribution >= 0.6 is 0 Å². The van der Waals surface area contributed by atoms with E-state index in [-0.39, 0.29) is 25.2 Å². The second-order valence-corrected chi connectivity index (χ2v) is 6.15. The molecule has 0 bridgehead atoms. The number of ether oxygens (including phenoxy) is 1. The van der Waals surface area contributed by atoms with Crippen LogP contribution in [0.15, 0.2) is 24.4 Å². The number of hydrogen-bond acceptors (Lipinski definition) is 7. The van der Waals surface area contributed by atoms with Crippen molar-refractivity contribution in [1.82, 2.24) is 20.3 Å². The third-order valence-electron chi connectivity index (χ3n) is 3.97. The van der Waals surface area contributed by atoms with E-state index in [1.165, 1.54) is 0 Å². The van der Waals surface area contributed by atoms with Crippen molar-refractivity contribution in [2.45, 2.75) is 45.8 Å². The highest BCUT2D eigenvalue weighted by Gasteiger charge is 2.14. The number of nitrogens with zero attached hydrogens (tertiary/aromatic N) is 3. The number of pyridine rings is 1. The van der Waals surface area contributed by atoms with Crippen molar-refractivity contribution in [2.24, 2.45) is 0 Å². The van der Waals surface area contributed by atoms with Gasteiger partial charge in [-0.15, -0.1) is 0 Å². The van der Waals surface area contributed by atoms with Gasteiger partial charge in [0.05, 0.1) is 11.9 Å². The molecule has 2 heterocycles. The lowest BCUT2D eigenvalue weighted by atomic mass is 10.1. The number of aliphatic hydroxyl groups is 1. The van der Waals surface area contributed by atoms with E-state index >= 15 is 0 Å². The SMILES string of the molecule is CCCC(CCO)Nc1nc(C)ncc1OCc1cccc(C(=O)NC)n1. The average molecular weight is 373 g/mol. The van der Waals surface area contributed by atoms with E-state index < -0.39 is 0 Å². The number of hydrogen-bond donors (Lipinski definition) is 3. The van der Waals surface area contributed by atoms with Gasteiger partial charge in [-0.2, -0.15) is 0 Å². The zero-order chi connectivity index (χ0) is 19.6. The summed E-state index contributed by atoms with van der Waals surface area (Å²) in [6, 6.07) is 5.31. The minimum atomic E-state index is -0.246. The van der Waals surface area contributed by atoms with E-state index in [1.807, 2.05) is 6.92 Å². The van der Waals surface area contributed by atoms with E-state index in [9.17, 15) is 9.90 Å². The quantitative estimate of drug-likeness (QED) is 0.585. The van der Waals surface area contributed by atoms with Gasteiger partial charge in [-0.3, -0.25) is 4.79 Å². The predicted octanol–water partition coefficient (Wildman–Crippen LogP) is 2.08. The van der Waals surface area contributed by atoms with Crippen LogP contribution in [-0.4, -0.2) is 45.7 Å². The number of anilines is 1. The average Bonchev–Trinajstić information content (AvgIpc) is 2.67. The van der Waals surface area contributed by atoms with Crippen molar-refractivity contribution >= 4 is 11.7 Å². The Morgan fingerprint density at radius 1 is 1.30 bits per heavy atom. The van der Waals surface area contributed by atoms with Gasteiger partial charge in [-0.05, 0) is 31.9 Å². The lowest BCUT2D eigenvalue weighted by Gasteiger charge is -2.20. The Morgan fingerprint density at radius 2 is 2.11 bits per heavy atom. The molecule has 2 aromatic rings. The molecule has 27 heavy (non-hydrogen) atoms. The fraction of sp³-hybridized carbons (Fsp3) is 0.474. The van der Waals surface area contributed by atoms with E-state index in [0.29, 0.717) is 35.2 Å². The van der Waals surface area contributed by atoms with Crippen LogP contribution < -0.4 is 15.4 Å². The second-order valence-electron chi connectivity index (χ2n) is 6.15. The summed E-state index contributed by atoms with van der Waals surface area (Å²) in [5, 5.41) is 15.2. The summed E-state index contributed by atoms with van der Waals surface area (Å²) >= 11 is 0. The Balaban J connectivity index is 2.13. The molecule has 0 saturated carbocycles. The van der Waals surface area contributed by atoms with Gasteiger partial charge in [0.1, 0.15) is 18.1 Å².